The third-order valence-electron chi connectivity index (χ3n) is 5.92. The summed E-state index contributed by atoms with van der Waals surface area (Å²) in [6.07, 6.45) is 0.238. The second-order valence-electron chi connectivity index (χ2n) is 12.2. The Morgan fingerprint density at radius 1 is 0.955 bits per heavy atom. The SMILES string of the molecule is COC(=O)C(CCCNC(=O)OC(C)(C)C)NC(=O)CCSc1cc(-c2cc(C(=O)OC(C)(C)C)c(C)cc2C)nc(N)n1. The molecule has 0 fully saturated rings. The summed E-state index contributed by atoms with van der Waals surface area (Å²) in [5.74, 6) is -0.934. The van der Waals surface area contributed by atoms with Gasteiger partial charge in [-0.25, -0.2) is 24.4 Å². The molecule has 4 N–H and O–H groups in total. The molecule has 44 heavy (non-hydrogen) atoms. The number of rotatable bonds is 12. The number of aryl methyl sites for hydroxylation is 2. The van der Waals surface area contributed by atoms with E-state index in [2.05, 4.69) is 20.6 Å². The maximum Gasteiger partial charge on any atom is 0.407 e. The Bertz CT molecular complexity index is 1350. The van der Waals surface area contributed by atoms with Crippen LogP contribution in [-0.2, 0) is 23.8 Å². The predicted octanol–water partition coefficient (Wildman–Crippen LogP) is 4.74. The van der Waals surface area contributed by atoms with Gasteiger partial charge >= 0.3 is 18.0 Å². The second kappa shape index (κ2) is 15.7. The molecule has 0 aliphatic carbocycles. The van der Waals surface area contributed by atoms with Crippen molar-refractivity contribution in [3.63, 3.8) is 0 Å². The minimum Gasteiger partial charge on any atom is -0.467 e. The third kappa shape index (κ3) is 12.4. The molecule has 1 atom stereocenters. The summed E-state index contributed by atoms with van der Waals surface area (Å²) in [6, 6.07) is 4.54. The lowest BCUT2D eigenvalue weighted by Gasteiger charge is -2.21. The van der Waals surface area contributed by atoms with Gasteiger partial charge in [0.2, 0.25) is 11.9 Å². The fourth-order valence-electron chi connectivity index (χ4n) is 4.05. The van der Waals surface area contributed by atoms with Gasteiger partial charge in [-0.05, 0) is 91.5 Å². The molecule has 1 heterocycles. The minimum atomic E-state index is -0.858. The zero-order valence-corrected chi connectivity index (χ0v) is 27.9. The quantitative estimate of drug-likeness (QED) is 0.0971. The average Bonchev–Trinajstić information content (AvgIpc) is 2.87. The van der Waals surface area contributed by atoms with Crippen molar-refractivity contribution in [3.8, 4) is 11.3 Å². The van der Waals surface area contributed by atoms with Gasteiger partial charge in [0.25, 0.3) is 0 Å². The Kier molecular flexibility index (Phi) is 13.0. The number of hydrogen-bond acceptors (Lipinski definition) is 11. The highest BCUT2D eigenvalue weighted by atomic mass is 32.2. The van der Waals surface area contributed by atoms with Crippen molar-refractivity contribution in [2.75, 3.05) is 25.1 Å². The Hall–Kier alpha value is -3.87. The van der Waals surface area contributed by atoms with Crippen LogP contribution in [0, 0.1) is 13.8 Å². The topological polar surface area (TPSA) is 172 Å². The fraction of sp³-hybridized carbons (Fsp3) is 0.548. The summed E-state index contributed by atoms with van der Waals surface area (Å²) < 4.78 is 15.6. The van der Waals surface area contributed by atoms with E-state index in [0.717, 1.165) is 11.1 Å². The monoisotopic (exact) mass is 631 g/mol. The van der Waals surface area contributed by atoms with E-state index < -0.39 is 35.3 Å². The number of carbonyl (C=O) groups excluding carboxylic acids is 4. The lowest BCUT2D eigenvalue weighted by molar-refractivity contribution is -0.145. The zero-order valence-electron chi connectivity index (χ0n) is 27.1. The number of anilines is 1. The van der Waals surface area contributed by atoms with Gasteiger partial charge in [-0.1, -0.05) is 6.07 Å². The number of amides is 2. The van der Waals surface area contributed by atoms with E-state index in [1.807, 2.05) is 40.7 Å². The van der Waals surface area contributed by atoms with Gasteiger partial charge < -0.3 is 30.6 Å². The standard InChI is InChI=1S/C31H45N5O7S/c1-18-15-19(2)21(26(38)42-30(3,4)5)16-20(18)23-17-25(36-28(32)35-23)44-14-12-24(37)34-22(27(39)41-9)11-10-13-33-29(40)43-31(6,7)8/h15-17,22H,10-14H2,1-9H3,(H,33,40)(H,34,37)(H2,32,35,36). The van der Waals surface area contributed by atoms with Crippen LogP contribution in [0.4, 0.5) is 10.7 Å². The molecule has 2 aromatic rings. The number of nitrogens with one attached hydrogen (secondary N) is 2. The molecule has 0 aliphatic heterocycles. The third-order valence-corrected chi connectivity index (χ3v) is 6.84. The van der Waals surface area contributed by atoms with Crippen LogP contribution in [0.2, 0.25) is 0 Å². The summed E-state index contributed by atoms with van der Waals surface area (Å²) in [6.45, 7) is 14.8. The molecule has 2 amide bonds. The molecule has 0 radical (unpaired) electrons. The Balaban J connectivity index is 2.02. The first kappa shape index (κ1) is 36.3. The van der Waals surface area contributed by atoms with Crippen molar-refractivity contribution in [1.82, 2.24) is 20.6 Å². The second-order valence-corrected chi connectivity index (χ2v) is 13.4. The van der Waals surface area contributed by atoms with Gasteiger partial charge in [-0.15, -0.1) is 11.8 Å². The van der Waals surface area contributed by atoms with E-state index in [0.29, 0.717) is 34.0 Å². The fourth-order valence-corrected chi connectivity index (χ4v) is 4.90. The van der Waals surface area contributed by atoms with E-state index in [1.165, 1.54) is 18.9 Å². The van der Waals surface area contributed by atoms with E-state index >= 15 is 0 Å². The van der Waals surface area contributed by atoms with Gasteiger partial charge in [0.1, 0.15) is 22.3 Å². The summed E-state index contributed by atoms with van der Waals surface area (Å²) in [4.78, 5) is 58.2. The highest BCUT2D eigenvalue weighted by Gasteiger charge is 2.23. The zero-order chi connectivity index (χ0) is 33.2. The lowest BCUT2D eigenvalue weighted by atomic mass is 9.97. The summed E-state index contributed by atoms with van der Waals surface area (Å²) in [5.41, 5.74) is 8.14. The number of thioether (sulfide) groups is 1. The minimum absolute atomic E-state index is 0.0546. The van der Waals surface area contributed by atoms with Crippen LogP contribution in [0.3, 0.4) is 0 Å². The maximum atomic E-state index is 12.8. The first-order chi connectivity index (χ1) is 20.4. The molecule has 0 spiro atoms. The molecule has 0 saturated heterocycles. The van der Waals surface area contributed by atoms with E-state index in [1.54, 1.807) is 32.9 Å². The van der Waals surface area contributed by atoms with Gasteiger partial charge in [0, 0.05) is 24.3 Å². The van der Waals surface area contributed by atoms with Crippen molar-refractivity contribution in [1.29, 1.82) is 0 Å². The Morgan fingerprint density at radius 2 is 1.61 bits per heavy atom. The van der Waals surface area contributed by atoms with Crippen molar-refractivity contribution in [2.45, 2.75) is 96.9 Å². The number of ether oxygens (including phenoxy) is 3. The molecule has 12 nitrogen and oxygen atoms in total. The summed E-state index contributed by atoms with van der Waals surface area (Å²) in [5, 5.41) is 5.88. The molecule has 13 heteroatoms. The highest BCUT2D eigenvalue weighted by Crippen LogP contribution is 2.30. The Labute approximate surface area is 263 Å². The van der Waals surface area contributed by atoms with Crippen molar-refractivity contribution in [3.05, 3.63) is 34.9 Å². The van der Waals surface area contributed by atoms with Crippen LogP contribution in [0.25, 0.3) is 11.3 Å². The number of carbonyl (C=O) groups is 4. The van der Waals surface area contributed by atoms with Crippen molar-refractivity contribution < 1.29 is 33.4 Å². The molecular weight excluding hydrogens is 586 g/mol. The van der Waals surface area contributed by atoms with Crippen LogP contribution < -0.4 is 16.4 Å². The van der Waals surface area contributed by atoms with E-state index in [-0.39, 0.29) is 31.2 Å². The molecule has 2 rings (SSSR count). The predicted molar refractivity (Wildman–Crippen MR) is 169 cm³/mol. The number of methoxy groups -OCH3 is 1. The first-order valence-corrected chi connectivity index (χ1v) is 15.3. The summed E-state index contributed by atoms with van der Waals surface area (Å²) >= 11 is 1.31. The smallest absolute Gasteiger partial charge is 0.407 e. The number of aromatic nitrogens is 2. The molecule has 242 valence electrons. The van der Waals surface area contributed by atoms with Gasteiger partial charge in [0.15, 0.2) is 0 Å². The highest BCUT2D eigenvalue weighted by molar-refractivity contribution is 7.99. The van der Waals surface area contributed by atoms with Crippen LogP contribution in [0.5, 0.6) is 0 Å². The van der Waals surface area contributed by atoms with Crippen LogP contribution >= 0.6 is 11.8 Å². The van der Waals surface area contributed by atoms with Crippen LogP contribution in [0.1, 0.15) is 82.3 Å². The number of benzene rings is 1. The first-order valence-electron chi connectivity index (χ1n) is 14.3. The van der Waals surface area contributed by atoms with Crippen LogP contribution in [0.15, 0.2) is 23.2 Å². The van der Waals surface area contributed by atoms with Crippen LogP contribution in [-0.4, -0.2) is 70.6 Å². The largest absolute Gasteiger partial charge is 0.467 e. The molecule has 1 aromatic carbocycles. The van der Waals surface area contributed by atoms with Gasteiger partial charge in [-0.3, -0.25) is 4.79 Å². The molecular formula is C31H45N5O7S. The molecule has 1 unspecified atom stereocenters. The maximum absolute atomic E-state index is 12.8. The van der Waals surface area contributed by atoms with E-state index in [4.69, 9.17) is 19.9 Å². The number of nitrogens with zero attached hydrogens (tertiary/aromatic N) is 2. The molecule has 1 aromatic heterocycles. The normalized spacial score (nSPS) is 12.2. The Morgan fingerprint density at radius 3 is 2.23 bits per heavy atom. The van der Waals surface area contributed by atoms with Gasteiger partial charge in [-0.2, -0.15) is 0 Å². The number of esters is 2. The molecule has 0 bridgehead atoms. The number of nitrogen functional groups attached to an aromatic ring is 1. The number of alkyl carbamates (subject to hydrolysis) is 1. The summed E-state index contributed by atoms with van der Waals surface area (Å²) in [7, 11) is 1.25. The van der Waals surface area contributed by atoms with E-state index in [9.17, 15) is 19.2 Å². The number of hydrogen-bond donors (Lipinski definition) is 3. The van der Waals surface area contributed by atoms with Crippen molar-refractivity contribution in [2.24, 2.45) is 0 Å². The molecule has 0 saturated carbocycles. The van der Waals surface area contributed by atoms with Crippen molar-refractivity contribution >= 4 is 41.6 Å². The lowest BCUT2D eigenvalue weighted by Crippen LogP contribution is -2.42. The molecule has 0 aliphatic rings. The van der Waals surface area contributed by atoms with Gasteiger partial charge in [0.05, 0.1) is 18.4 Å². The average molecular weight is 632 g/mol. The number of nitrogens with two attached hydrogens (primary N) is 1.